The van der Waals surface area contributed by atoms with Gasteiger partial charge in [0.15, 0.2) is 0 Å². The smallest absolute Gasteiger partial charge is 0.310 e. The van der Waals surface area contributed by atoms with Gasteiger partial charge in [-0.25, -0.2) is 0 Å². The molecule has 0 saturated heterocycles. The third kappa shape index (κ3) is 3.89. The van der Waals surface area contributed by atoms with Crippen LogP contribution in [-0.4, -0.2) is 19.7 Å². The number of alkyl halides is 1. The van der Waals surface area contributed by atoms with Crippen LogP contribution in [0.4, 0.5) is 0 Å². The third-order valence-electron chi connectivity index (χ3n) is 2.19. The summed E-state index contributed by atoms with van der Waals surface area (Å²) in [7, 11) is 1.55. The molecular weight excluding hydrogens is 307 g/mol. The number of rotatable bonds is 5. The first kappa shape index (κ1) is 14.3. The molecule has 0 N–H and O–H groups in total. The molecule has 0 aliphatic rings. The Kier molecular flexibility index (Phi) is 5.78. The topological polar surface area (TPSA) is 35.5 Å². The van der Waals surface area contributed by atoms with Crippen molar-refractivity contribution in [3.8, 4) is 5.75 Å². The maximum Gasteiger partial charge on any atom is 0.310 e. The summed E-state index contributed by atoms with van der Waals surface area (Å²) in [6.07, 6.45) is 0.157. The van der Waals surface area contributed by atoms with E-state index in [1.54, 1.807) is 14.0 Å². The molecular formula is C12H14BrClO3. The average molecular weight is 322 g/mol. The quantitative estimate of drug-likeness (QED) is 0.616. The summed E-state index contributed by atoms with van der Waals surface area (Å²) in [5.74, 6) is 0.283. The van der Waals surface area contributed by atoms with Gasteiger partial charge in [0.2, 0.25) is 0 Å². The Morgan fingerprint density at radius 1 is 1.47 bits per heavy atom. The normalized spacial score (nSPS) is 10.1. The lowest BCUT2D eigenvalue weighted by atomic mass is 10.1. The minimum atomic E-state index is -0.289. The first-order valence-corrected chi connectivity index (χ1v) is 6.69. The van der Waals surface area contributed by atoms with E-state index in [-0.39, 0.29) is 12.4 Å². The highest BCUT2D eigenvalue weighted by atomic mass is 79.9. The number of carbonyl (C=O) groups is 1. The van der Waals surface area contributed by atoms with Crippen molar-refractivity contribution in [1.29, 1.82) is 0 Å². The first-order valence-electron chi connectivity index (χ1n) is 5.19. The van der Waals surface area contributed by atoms with Crippen molar-refractivity contribution in [3.63, 3.8) is 0 Å². The van der Waals surface area contributed by atoms with Crippen LogP contribution in [0.25, 0.3) is 0 Å². The molecule has 1 aromatic rings. The number of halogens is 2. The Hall–Kier alpha value is -0.740. The van der Waals surface area contributed by atoms with E-state index >= 15 is 0 Å². The van der Waals surface area contributed by atoms with Crippen LogP contribution in [-0.2, 0) is 21.3 Å². The molecule has 0 bridgehead atoms. The molecule has 0 unspecified atom stereocenters. The fourth-order valence-corrected chi connectivity index (χ4v) is 2.02. The van der Waals surface area contributed by atoms with Crippen LogP contribution in [0.15, 0.2) is 12.1 Å². The predicted octanol–water partition coefficient (Wildman–Crippen LogP) is 3.35. The first-order chi connectivity index (χ1) is 8.12. The highest BCUT2D eigenvalue weighted by molar-refractivity contribution is 9.08. The number of carbonyl (C=O) groups excluding carboxylic acids is 1. The van der Waals surface area contributed by atoms with E-state index in [1.165, 1.54) is 0 Å². The van der Waals surface area contributed by atoms with Gasteiger partial charge in [-0.1, -0.05) is 33.6 Å². The zero-order valence-corrected chi connectivity index (χ0v) is 12.1. The van der Waals surface area contributed by atoms with E-state index in [1.807, 2.05) is 12.1 Å². The standard InChI is InChI=1S/C12H14BrClO3/c1-3-17-11(15)6-9-4-8(7-13)5-10(16-2)12(9)14/h4-5H,3,6-7H2,1-2H3. The number of hydrogen-bond donors (Lipinski definition) is 0. The molecule has 1 rings (SSSR count). The van der Waals surface area contributed by atoms with Crippen molar-refractivity contribution in [2.24, 2.45) is 0 Å². The largest absolute Gasteiger partial charge is 0.495 e. The Bertz CT molecular complexity index is 407. The molecule has 0 aromatic heterocycles. The second kappa shape index (κ2) is 6.87. The summed E-state index contributed by atoms with van der Waals surface area (Å²) in [5.41, 5.74) is 1.73. The summed E-state index contributed by atoms with van der Waals surface area (Å²) in [4.78, 5) is 11.4. The molecule has 0 aliphatic carbocycles. The molecule has 0 fully saturated rings. The summed E-state index contributed by atoms with van der Waals surface area (Å²) in [6, 6.07) is 3.71. The number of esters is 1. The van der Waals surface area contributed by atoms with Gasteiger partial charge in [-0.05, 0) is 24.1 Å². The average Bonchev–Trinajstić information content (AvgIpc) is 2.32. The van der Waals surface area contributed by atoms with Crippen molar-refractivity contribution < 1.29 is 14.3 Å². The minimum Gasteiger partial charge on any atom is -0.495 e. The molecule has 1 aromatic carbocycles. The molecule has 5 heteroatoms. The zero-order chi connectivity index (χ0) is 12.8. The molecule has 3 nitrogen and oxygen atoms in total. The Morgan fingerprint density at radius 2 is 2.18 bits per heavy atom. The van der Waals surface area contributed by atoms with Crippen molar-refractivity contribution in [2.45, 2.75) is 18.7 Å². The number of ether oxygens (including phenoxy) is 2. The van der Waals surface area contributed by atoms with Crippen LogP contribution in [0.3, 0.4) is 0 Å². The number of benzene rings is 1. The molecule has 0 spiro atoms. The van der Waals surface area contributed by atoms with Gasteiger partial charge >= 0.3 is 5.97 Å². The highest BCUT2D eigenvalue weighted by Crippen LogP contribution is 2.31. The molecule has 0 amide bonds. The van der Waals surface area contributed by atoms with Gasteiger partial charge in [0.25, 0.3) is 0 Å². The molecule has 17 heavy (non-hydrogen) atoms. The SMILES string of the molecule is CCOC(=O)Cc1cc(CBr)cc(OC)c1Cl. The maximum absolute atomic E-state index is 11.4. The minimum absolute atomic E-state index is 0.157. The van der Waals surface area contributed by atoms with Gasteiger partial charge in [0.05, 0.1) is 25.2 Å². The van der Waals surface area contributed by atoms with Crippen LogP contribution < -0.4 is 4.74 Å². The third-order valence-corrected chi connectivity index (χ3v) is 3.27. The fourth-order valence-electron chi connectivity index (χ4n) is 1.44. The Morgan fingerprint density at radius 3 is 2.71 bits per heavy atom. The number of methoxy groups -OCH3 is 1. The summed E-state index contributed by atoms with van der Waals surface area (Å²) < 4.78 is 10.1. The summed E-state index contributed by atoms with van der Waals surface area (Å²) in [5, 5.41) is 1.14. The van der Waals surface area contributed by atoms with E-state index in [2.05, 4.69) is 15.9 Å². The van der Waals surface area contributed by atoms with Gasteiger partial charge in [-0.3, -0.25) is 4.79 Å². The van der Waals surface area contributed by atoms with Crippen LogP contribution in [0.5, 0.6) is 5.75 Å². The van der Waals surface area contributed by atoms with Crippen molar-refractivity contribution in [1.82, 2.24) is 0 Å². The van der Waals surface area contributed by atoms with Crippen molar-refractivity contribution in [3.05, 3.63) is 28.3 Å². The molecule has 0 saturated carbocycles. The monoisotopic (exact) mass is 320 g/mol. The van der Waals surface area contributed by atoms with Gasteiger partial charge in [-0.15, -0.1) is 0 Å². The molecule has 0 heterocycles. The fraction of sp³-hybridized carbons (Fsp3) is 0.417. The molecule has 0 atom stereocenters. The van der Waals surface area contributed by atoms with Crippen molar-refractivity contribution in [2.75, 3.05) is 13.7 Å². The lowest BCUT2D eigenvalue weighted by Crippen LogP contribution is -2.08. The summed E-state index contributed by atoms with van der Waals surface area (Å²) in [6.45, 7) is 2.14. The van der Waals surface area contributed by atoms with Crippen LogP contribution >= 0.6 is 27.5 Å². The van der Waals surface area contributed by atoms with Gasteiger partial charge in [0.1, 0.15) is 5.75 Å². The molecule has 94 valence electrons. The Balaban J connectivity index is 3.00. The summed E-state index contributed by atoms with van der Waals surface area (Å²) >= 11 is 9.50. The molecule has 0 radical (unpaired) electrons. The van der Waals surface area contributed by atoms with Crippen molar-refractivity contribution >= 4 is 33.5 Å². The lowest BCUT2D eigenvalue weighted by molar-refractivity contribution is -0.142. The van der Waals surface area contributed by atoms with Gasteiger partial charge < -0.3 is 9.47 Å². The second-order valence-corrected chi connectivity index (χ2v) is 4.33. The van der Waals surface area contributed by atoms with E-state index in [9.17, 15) is 4.79 Å². The molecule has 0 aliphatic heterocycles. The second-order valence-electron chi connectivity index (χ2n) is 3.39. The van der Waals surface area contributed by atoms with Gasteiger partial charge in [-0.2, -0.15) is 0 Å². The van der Waals surface area contributed by atoms with E-state index in [0.717, 1.165) is 11.1 Å². The van der Waals surface area contributed by atoms with Crippen LogP contribution in [0.1, 0.15) is 18.1 Å². The Labute approximate surface area is 114 Å². The van der Waals surface area contributed by atoms with E-state index in [4.69, 9.17) is 21.1 Å². The van der Waals surface area contributed by atoms with E-state index in [0.29, 0.717) is 22.7 Å². The van der Waals surface area contributed by atoms with Crippen LogP contribution in [0.2, 0.25) is 5.02 Å². The highest BCUT2D eigenvalue weighted by Gasteiger charge is 2.13. The van der Waals surface area contributed by atoms with Crippen LogP contribution in [0, 0.1) is 0 Å². The van der Waals surface area contributed by atoms with E-state index < -0.39 is 0 Å². The lowest BCUT2D eigenvalue weighted by Gasteiger charge is -2.10. The number of hydrogen-bond acceptors (Lipinski definition) is 3. The maximum atomic E-state index is 11.4. The zero-order valence-electron chi connectivity index (χ0n) is 9.76. The predicted molar refractivity (Wildman–Crippen MR) is 71.0 cm³/mol. The van der Waals surface area contributed by atoms with Gasteiger partial charge in [0, 0.05) is 5.33 Å².